The summed E-state index contributed by atoms with van der Waals surface area (Å²) in [5, 5.41) is 3.00. The lowest BCUT2D eigenvalue weighted by Crippen LogP contribution is -2.36. The SMILES string of the molecule is O=C(c1cccc(NC(=O)N2CCCC2c2ccccc2)c1)N1CCCCC1. The van der Waals surface area contributed by atoms with E-state index in [9.17, 15) is 9.59 Å². The number of amides is 3. The minimum absolute atomic E-state index is 0.0548. The minimum Gasteiger partial charge on any atom is -0.339 e. The van der Waals surface area contributed by atoms with Gasteiger partial charge in [0, 0.05) is 30.9 Å². The summed E-state index contributed by atoms with van der Waals surface area (Å²) in [4.78, 5) is 29.4. The molecule has 1 unspecified atom stereocenters. The number of carbonyl (C=O) groups excluding carboxylic acids is 2. The number of hydrogen-bond acceptors (Lipinski definition) is 2. The second-order valence-electron chi connectivity index (χ2n) is 7.63. The van der Waals surface area contributed by atoms with Crippen molar-refractivity contribution >= 4 is 17.6 Å². The molecule has 146 valence electrons. The summed E-state index contributed by atoms with van der Waals surface area (Å²) in [7, 11) is 0. The standard InChI is InChI=1S/C23H27N3O2/c27-22(25-14-5-2-6-15-25)19-11-7-12-20(17-19)24-23(28)26-16-8-13-21(26)18-9-3-1-4-10-18/h1,3-4,7,9-12,17,21H,2,5-6,8,13-16H2,(H,24,28). The molecule has 4 rings (SSSR count). The second kappa shape index (κ2) is 8.46. The van der Waals surface area contributed by atoms with Crippen molar-refractivity contribution in [2.24, 2.45) is 0 Å². The quantitative estimate of drug-likeness (QED) is 0.844. The van der Waals surface area contributed by atoms with E-state index in [4.69, 9.17) is 0 Å². The third-order valence-electron chi connectivity index (χ3n) is 5.70. The van der Waals surface area contributed by atoms with Gasteiger partial charge in [-0.25, -0.2) is 4.79 Å². The molecule has 1 atom stereocenters. The van der Waals surface area contributed by atoms with Crippen molar-refractivity contribution in [2.45, 2.75) is 38.1 Å². The monoisotopic (exact) mass is 377 g/mol. The zero-order valence-electron chi connectivity index (χ0n) is 16.1. The molecule has 0 saturated carbocycles. The zero-order valence-corrected chi connectivity index (χ0v) is 16.1. The van der Waals surface area contributed by atoms with Crippen LogP contribution in [0.25, 0.3) is 0 Å². The van der Waals surface area contributed by atoms with E-state index in [-0.39, 0.29) is 18.0 Å². The van der Waals surface area contributed by atoms with Crippen LogP contribution >= 0.6 is 0 Å². The molecule has 0 bridgehead atoms. The largest absolute Gasteiger partial charge is 0.339 e. The molecule has 2 saturated heterocycles. The highest BCUT2D eigenvalue weighted by atomic mass is 16.2. The van der Waals surface area contributed by atoms with Crippen LogP contribution in [0.15, 0.2) is 54.6 Å². The highest BCUT2D eigenvalue weighted by Crippen LogP contribution is 2.32. The van der Waals surface area contributed by atoms with Gasteiger partial charge in [-0.2, -0.15) is 0 Å². The maximum absolute atomic E-state index is 12.9. The van der Waals surface area contributed by atoms with Gasteiger partial charge >= 0.3 is 6.03 Å². The lowest BCUT2D eigenvalue weighted by Gasteiger charge is -2.27. The number of hydrogen-bond donors (Lipinski definition) is 1. The third kappa shape index (κ3) is 4.03. The number of urea groups is 1. The molecule has 5 nitrogen and oxygen atoms in total. The molecule has 5 heteroatoms. The van der Waals surface area contributed by atoms with Gasteiger partial charge in [-0.05, 0) is 55.9 Å². The molecular formula is C23H27N3O2. The molecule has 28 heavy (non-hydrogen) atoms. The van der Waals surface area contributed by atoms with Crippen LogP contribution in [0.2, 0.25) is 0 Å². The van der Waals surface area contributed by atoms with Gasteiger partial charge in [0.2, 0.25) is 0 Å². The summed E-state index contributed by atoms with van der Waals surface area (Å²) in [5.74, 6) is 0.0548. The van der Waals surface area contributed by atoms with Crippen LogP contribution in [0.3, 0.4) is 0 Å². The highest BCUT2D eigenvalue weighted by Gasteiger charge is 2.30. The van der Waals surface area contributed by atoms with Crippen LogP contribution in [-0.2, 0) is 0 Å². The molecule has 2 aliphatic rings. The fourth-order valence-corrected chi connectivity index (χ4v) is 4.24. The van der Waals surface area contributed by atoms with Gasteiger partial charge < -0.3 is 15.1 Å². The molecule has 2 aliphatic heterocycles. The number of carbonyl (C=O) groups is 2. The molecule has 0 radical (unpaired) electrons. The maximum atomic E-state index is 12.9. The van der Waals surface area contributed by atoms with Gasteiger partial charge in [0.05, 0.1) is 6.04 Å². The number of nitrogens with zero attached hydrogens (tertiary/aromatic N) is 2. The summed E-state index contributed by atoms with van der Waals surface area (Å²) in [6, 6.07) is 17.5. The number of likely N-dealkylation sites (tertiary alicyclic amines) is 2. The van der Waals surface area contributed by atoms with E-state index in [1.54, 1.807) is 6.07 Å². The van der Waals surface area contributed by atoms with E-state index >= 15 is 0 Å². The summed E-state index contributed by atoms with van der Waals surface area (Å²) in [6.45, 7) is 2.39. The molecule has 1 N–H and O–H groups in total. The van der Waals surface area contributed by atoms with Gasteiger partial charge in [-0.15, -0.1) is 0 Å². The van der Waals surface area contributed by atoms with Crippen molar-refractivity contribution in [3.63, 3.8) is 0 Å². The number of rotatable bonds is 3. The van der Waals surface area contributed by atoms with Gasteiger partial charge in [0.25, 0.3) is 5.91 Å². The summed E-state index contributed by atoms with van der Waals surface area (Å²) in [6.07, 6.45) is 5.31. The average molecular weight is 377 g/mol. The fourth-order valence-electron chi connectivity index (χ4n) is 4.24. The summed E-state index contributed by atoms with van der Waals surface area (Å²) in [5.41, 5.74) is 2.48. The molecular weight excluding hydrogens is 350 g/mol. The van der Waals surface area contributed by atoms with Crippen LogP contribution < -0.4 is 5.32 Å². The van der Waals surface area contributed by atoms with E-state index in [1.165, 1.54) is 12.0 Å². The third-order valence-corrected chi connectivity index (χ3v) is 5.70. The van der Waals surface area contributed by atoms with Crippen molar-refractivity contribution in [1.82, 2.24) is 9.80 Å². The second-order valence-corrected chi connectivity index (χ2v) is 7.63. The van der Waals surface area contributed by atoms with Crippen molar-refractivity contribution in [3.8, 4) is 0 Å². The smallest absolute Gasteiger partial charge is 0.322 e. The molecule has 0 aromatic heterocycles. The van der Waals surface area contributed by atoms with Gasteiger partial charge in [-0.1, -0.05) is 36.4 Å². The number of anilines is 1. The van der Waals surface area contributed by atoms with Crippen molar-refractivity contribution in [2.75, 3.05) is 25.0 Å². The van der Waals surface area contributed by atoms with Crippen molar-refractivity contribution < 1.29 is 9.59 Å². The molecule has 2 aromatic rings. The van der Waals surface area contributed by atoms with Gasteiger partial charge in [0.1, 0.15) is 0 Å². The van der Waals surface area contributed by atoms with E-state index < -0.39 is 0 Å². The first-order valence-electron chi connectivity index (χ1n) is 10.2. The minimum atomic E-state index is -0.103. The Bertz CT molecular complexity index is 831. The first kappa shape index (κ1) is 18.5. The Morgan fingerprint density at radius 1 is 0.857 bits per heavy atom. The Morgan fingerprint density at radius 3 is 2.43 bits per heavy atom. The van der Waals surface area contributed by atoms with Gasteiger partial charge in [0.15, 0.2) is 0 Å². The number of nitrogens with one attached hydrogen (secondary N) is 1. The first-order valence-corrected chi connectivity index (χ1v) is 10.2. The Morgan fingerprint density at radius 2 is 1.64 bits per heavy atom. The Kier molecular flexibility index (Phi) is 5.60. The zero-order chi connectivity index (χ0) is 19.3. The molecule has 2 heterocycles. The maximum Gasteiger partial charge on any atom is 0.322 e. The van der Waals surface area contributed by atoms with E-state index in [1.807, 2.05) is 46.2 Å². The van der Waals surface area contributed by atoms with Gasteiger partial charge in [-0.3, -0.25) is 4.79 Å². The topological polar surface area (TPSA) is 52.7 Å². The Balaban J connectivity index is 1.45. The first-order chi connectivity index (χ1) is 13.7. The van der Waals surface area contributed by atoms with E-state index in [2.05, 4.69) is 17.4 Å². The lowest BCUT2D eigenvalue weighted by atomic mass is 10.1. The van der Waals surface area contributed by atoms with Crippen molar-refractivity contribution in [1.29, 1.82) is 0 Å². The Hall–Kier alpha value is -2.82. The van der Waals surface area contributed by atoms with E-state index in [0.717, 1.165) is 45.3 Å². The van der Waals surface area contributed by atoms with Crippen LogP contribution in [0, 0.1) is 0 Å². The molecule has 0 spiro atoms. The number of benzene rings is 2. The normalized spacial score (nSPS) is 19.5. The molecule has 2 aromatic carbocycles. The highest BCUT2D eigenvalue weighted by molar-refractivity contribution is 5.97. The number of piperidine rings is 1. The van der Waals surface area contributed by atoms with Crippen molar-refractivity contribution in [3.05, 3.63) is 65.7 Å². The molecule has 0 aliphatic carbocycles. The fraction of sp³-hybridized carbons (Fsp3) is 0.391. The Labute approximate surface area is 166 Å². The van der Waals surface area contributed by atoms with Crippen LogP contribution in [-0.4, -0.2) is 41.4 Å². The van der Waals surface area contributed by atoms with Crippen LogP contribution in [0.5, 0.6) is 0 Å². The predicted octanol–water partition coefficient (Wildman–Crippen LogP) is 4.68. The lowest BCUT2D eigenvalue weighted by molar-refractivity contribution is 0.0724. The molecule has 3 amide bonds. The predicted molar refractivity (Wildman–Crippen MR) is 110 cm³/mol. The van der Waals surface area contributed by atoms with Crippen LogP contribution in [0.1, 0.15) is 54.1 Å². The van der Waals surface area contributed by atoms with E-state index in [0.29, 0.717) is 11.3 Å². The average Bonchev–Trinajstić information content (AvgIpc) is 3.25. The summed E-state index contributed by atoms with van der Waals surface area (Å²) >= 11 is 0. The molecule has 2 fully saturated rings. The summed E-state index contributed by atoms with van der Waals surface area (Å²) < 4.78 is 0. The van der Waals surface area contributed by atoms with Crippen LogP contribution in [0.4, 0.5) is 10.5 Å².